The van der Waals surface area contributed by atoms with Gasteiger partial charge in [-0.1, -0.05) is 25.1 Å². The SMILES string of the molecule is CCNCc1cccc(NC(=O)c2cccc(OC)c2OC)c1. The number of hydrogen-bond donors (Lipinski definition) is 2. The summed E-state index contributed by atoms with van der Waals surface area (Å²) in [7, 11) is 3.06. The molecule has 5 heteroatoms. The minimum Gasteiger partial charge on any atom is -0.493 e. The molecule has 0 fully saturated rings. The standard InChI is InChI=1S/C18H22N2O3/c1-4-19-12-13-7-5-8-14(11-13)20-18(21)15-9-6-10-16(22-2)17(15)23-3/h5-11,19H,4,12H2,1-3H3,(H,20,21). The van der Waals surface area contributed by atoms with Gasteiger partial charge in [-0.25, -0.2) is 0 Å². The molecule has 2 rings (SSSR count). The molecule has 0 saturated heterocycles. The van der Waals surface area contributed by atoms with Crippen molar-refractivity contribution in [3.63, 3.8) is 0 Å². The van der Waals surface area contributed by atoms with Gasteiger partial charge in [0.1, 0.15) is 0 Å². The Kier molecular flexibility index (Phi) is 6.00. The minimum absolute atomic E-state index is 0.235. The minimum atomic E-state index is -0.235. The molecule has 0 spiro atoms. The van der Waals surface area contributed by atoms with E-state index in [2.05, 4.69) is 17.6 Å². The summed E-state index contributed by atoms with van der Waals surface area (Å²) in [6.45, 7) is 3.72. The molecule has 0 aromatic heterocycles. The molecule has 0 bridgehead atoms. The van der Waals surface area contributed by atoms with Crippen molar-refractivity contribution >= 4 is 11.6 Å². The number of carbonyl (C=O) groups excluding carboxylic acids is 1. The van der Waals surface area contributed by atoms with E-state index in [-0.39, 0.29) is 5.91 Å². The molecule has 0 aliphatic carbocycles. The number of carbonyl (C=O) groups is 1. The second kappa shape index (κ2) is 8.19. The smallest absolute Gasteiger partial charge is 0.259 e. The van der Waals surface area contributed by atoms with Gasteiger partial charge in [0, 0.05) is 12.2 Å². The number of nitrogens with one attached hydrogen (secondary N) is 2. The van der Waals surface area contributed by atoms with E-state index in [9.17, 15) is 4.79 Å². The van der Waals surface area contributed by atoms with Crippen LogP contribution in [0.2, 0.25) is 0 Å². The fourth-order valence-electron chi connectivity index (χ4n) is 2.29. The van der Waals surface area contributed by atoms with E-state index in [1.807, 2.05) is 24.3 Å². The van der Waals surface area contributed by atoms with Gasteiger partial charge in [-0.05, 0) is 36.4 Å². The molecule has 0 aliphatic heterocycles. The molecule has 5 nitrogen and oxygen atoms in total. The zero-order valence-corrected chi connectivity index (χ0v) is 13.7. The summed E-state index contributed by atoms with van der Waals surface area (Å²) in [6.07, 6.45) is 0. The van der Waals surface area contributed by atoms with E-state index in [0.29, 0.717) is 17.1 Å². The molecule has 2 N–H and O–H groups in total. The van der Waals surface area contributed by atoms with Crippen molar-refractivity contribution in [2.45, 2.75) is 13.5 Å². The van der Waals surface area contributed by atoms with Gasteiger partial charge in [-0.15, -0.1) is 0 Å². The Morgan fingerprint density at radius 1 is 1.09 bits per heavy atom. The third-order valence-corrected chi connectivity index (χ3v) is 3.41. The van der Waals surface area contributed by atoms with E-state index in [1.165, 1.54) is 7.11 Å². The van der Waals surface area contributed by atoms with Gasteiger partial charge in [0.25, 0.3) is 5.91 Å². The van der Waals surface area contributed by atoms with Crippen LogP contribution in [0.3, 0.4) is 0 Å². The van der Waals surface area contributed by atoms with E-state index < -0.39 is 0 Å². The second-order valence-electron chi connectivity index (χ2n) is 4.98. The highest BCUT2D eigenvalue weighted by Crippen LogP contribution is 2.31. The van der Waals surface area contributed by atoms with Crippen molar-refractivity contribution in [3.05, 3.63) is 53.6 Å². The molecule has 0 heterocycles. The first kappa shape index (κ1) is 16.8. The fraction of sp³-hybridized carbons (Fsp3) is 0.278. The first-order chi connectivity index (χ1) is 11.2. The Labute approximate surface area is 136 Å². The highest BCUT2D eigenvalue weighted by Gasteiger charge is 2.16. The summed E-state index contributed by atoms with van der Waals surface area (Å²) in [5, 5.41) is 6.16. The average molecular weight is 314 g/mol. The van der Waals surface area contributed by atoms with Crippen molar-refractivity contribution < 1.29 is 14.3 Å². The second-order valence-corrected chi connectivity index (χ2v) is 4.98. The van der Waals surface area contributed by atoms with Crippen molar-refractivity contribution in [2.75, 3.05) is 26.1 Å². The van der Waals surface area contributed by atoms with Crippen LogP contribution in [0, 0.1) is 0 Å². The van der Waals surface area contributed by atoms with Crippen LogP contribution in [0.15, 0.2) is 42.5 Å². The Hall–Kier alpha value is -2.53. The Morgan fingerprint density at radius 2 is 1.87 bits per heavy atom. The molecule has 0 unspecified atom stereocenters. The van der Waals surface area contributed by atoms with Crippen molar-refractivity contribution in [1.29, 1.82) is 0 Å². The highest BCUT2D eigenvalue weighted by molar-refractivity contribution is 6.06. The molecule has 2 aromatic rings. The molecule has 0 saturated carbocycles. The third kappa shape index (κ3) is 4.23. The number of rotatable bonds is 7. The van der Waals surface area contributed by atoms with Gasteiger partial charge in [-0.2, -0.15) is 0 Å². The molecule has 0 aliphatic rings. The summed E-state index contributed by atoms with van der Waals surface area (Å²) in [6, 6.07) is 13.0. The molecule has 2 aromatic carbocycles. The van der Waals surface area contributed by atoms with E-state index >= 15 is 0 Å². The van der Waals surface area contributed by atoms with Crippen LogP contribution in [-0.4, -0.2) is 26.7 Å². The molecule has 23 heavy (non-hydrogen) atoms. The normalized spacial score (nSPS) is 10.2. The number of anilines is 1. The molecular weight excluding hydrogens is 292 g/mol. The number of benzene rings is 2. The third-order valence-electron chi connectivity index (χ3n) is 3.41. The fourth-order valence-corrected chi connectivity index (χ4v) is 2.29. The number of para-hydroxylation sites is 1. The van der Waals surface area contributed by atoms with Gasteiger partial charge < -0.3 is 20.1 Å². The first-order valence-electron chi connectivity index (χ1n) is 7.51. The lowest BCUT2D eigenvalue weighted by molar-refractivity contribution is 0.102. The maximum atomic E-state index is 12.5. The number of methoxy groups -OCH3 is 2. The van der Waals surface area contributed by atoms with Gasteiger partial charge >= 0.3 is 0 Å². The van der Waals surface area contributed by atoms with Crippen LogP contribution in [0.25, 0.3) is 0 Å². The zero-order valence-electron chi connectivity index (χ0n) is 13.7. The molecule has 0 radical (unpaired) electrons. The topological polar surface area (TPSA) is 59.6 Å². The maximum Gasteiger partial charge on any atom is 0.259 e. The van der Waals surface area contributed by atoms with E-state index in [1.54, 1.807) is 25.3 Å². The van der Waals surface area contributed by atoms with Gasteiger partial charge in [-0.3, -0.25) is 4.79 Å². The number of amides is 1. The summed E-state index contributed by atoms with van der Waals surface area (Å²) in [5.74, 6) is 0.721. The summed E-state index contributed by atoms with van der Waals surface area (Å²) in [5.41, 5.74) is 2.29. The van der Waals surface area contributed by atoms with Crippen LogP contribution in [-0.2, 0) is 6.54 Å². The summed E-state index contributed by atoms with van der Waals surface area (Å²) in [4.78, 5) is 12.5. The quantitative estimate of drug-likeness (QED) is 0.824. The van der Waals surface area contributed by atoms with Crippen molar-refractivity contribution in [3.8, 4) is 11.5 Å². The highest BCUT2D eigenvalue weighted by atomic mass is 16.5. The van der Waals surface area contributed by atoms with Crippen molar-refractivity contribution in [1.82, 2.24) is 5.32 Å². The van der Waals surface area contributed by atoms with E-state index in [0.717, 1.165) is 24.3 Å². The van der Waals surface area contributed by atoms with E-state index in [4.69, 9.17) is 9.47 Å². The predicted molar refractivity (Wildman–Crippen MR) is 91.3 cm³/mol. The lowest BCUT2D eigenvalue weighted by Gasteiger charge is -2.13. The van der Waals surface area contributed by atoms with Crippen LogP contribution in [0.4, 0.5) is 5.69 Å². The van der Waals surface area contributed by atoms with Gasteiger partial charge in [0.05, 0.1) is 19.8 Å². The maximum absolute atomic E-state index is 12.5. The average Bonchev–Trinajstić information content (AvgIpc) is 2.59. The lowest BCUT2D eigenvalue weighted by Crippen LogP contribution is -2.15. The number of ether oxygens (including phenoxy) is 2. The predicted octanol–water partition coefficient (Wildman–Crippen LogP) is 3.07. The van der Waals surface area contributed by atoms with Crippen LogP contribution in [0.5, 0.6) is 11.5 Å². The molecule has 0 atom stereocenters. The Balaban J connectivity index is 2.19. The monoisotopic (exact) mass is 314 g/mol. The Bertz CT molecular complexity index is 671. The summed E-state index contributed by atoms with van der Waals surface area (Å²) < 4.78 is 10.5. The largest absolute Gasteiger partial charge is 0.493 e. The molecular formula is C18H22N2O3. The lowest BCUT2D eigenvalue weighted by atomic mass is 10.1. The first-order valence-corrected chi connectivity index (χ1v) is 7.51. The summed E-state index contributed by atoms with van der Waals surface area (Å²) >= 11 is 0. The van der Waals surface area contributed by atoms with Crippen LogP contribution < -0.4 is 20.1 Å². The molecule has 1 amide bonds. The zero-order chi connectivity index (χ0) is 16.7. The van der Waals surface area contributed by atoms with Gasteiger partial charge in [0.15, 0.2) is 11.5 Å². The van der Waals surface area contributed by atoms with Crippen LogP contribution in [0.1, 0.15) is 22.8 Å². The molecule has 122 valence electrons. The van der Waals surface area contributed by atoms with Gasteiger partial charge in [0.2, 0.25) is 0 Å². The van der Waals surface area contributed by atoms with Crippen molar-refractivity contribution in [2.24, 2.45) is 0 Å². The number of hydrogen-bond acceptors (Lipinski definition) is 4. The Morgan fingerprint density at radius 3 is 2.57 bits per heavy atom. The van der Waals surface area contributed by atoms with Crippen LogP contribution >= 0.6 is 0 Å².